The topological polar surface area (TPSA) is 78.9 Å². The molecule has 0 aromatic heterocycles. The van der Waals surface area contributed by atoms with Crippen molar-refractivity contribution in [1.82, 2.24) is 0 Å². The molecule has 6 nitrogen and oxygen atoms in total. The second kappa shape index (κ2) is 56.4. The molecule has 68 heavy (non-hydrogen) atoms. The van der Waals surface area contributed by atoms with E-state index in [9.17, 15) is 14.4 Å². The molecule has 0 saturated heterocycles. The molecule has 392 valence electrons. The van der Waals surface area contributed by atoms with Gasteiger partial charge in [0.2, 0.25) is 0 Å². The van der Waals surface area contributed by atoms with Gasteiger partial charge in [-0.05, 0) is 109 Å². The van der Waals surface area contributed by atoms with Crippen molar-refractivity contribution in [3.63, 3.8) is 0 Å². The lowest BCUT2D eigenvalue weighted by Gasteiger charge is -2.18. The molecule has 0 bridgehead atoms. The first-order valence-corrected chi connectivity index (χ1v) is 28.9. The molecular formula is C62H108O6. The number of ether oxygens (including phenoxy) is 3. The van der Waals surface area contributed by atoms with Gasteiger partial charge in [0.1, 0.15) is 13.2 Å². The number of allylic oxidation sites excluding steroid dienone is 12. The van der Waals surface area contributed by atoms with Gasteiger partial charge < -0.3 is 14.2 Å². The van der Waals surface area contributed by atoms with Crippen LogP contribution in [0.3, 0.4) is 0 Å². The van der Waals surface area contributed by atoms with Gasteiger partial charge in [0.05, 0.1) is 0 Å². The SMILES string of the molecule is CCCCC/C=C/C/C=C/C/C=C/C/C=C/CCCC(=O)O[C@H](COC(=O)CCCCCCC/C=C/CCCCCCC)COC(=O)CCCCCCCCCCC/C=C/CCCCCCCC. The van der Waals surface area contributed by atoms with Gasteiger partial charge in [0.15, 0.2) is 6.10 Å². The van der Waals surface area contributed by atoms with Crippen molar-refractivity contribution >= 4 is 17.9 Å². The Kier molecular flexibility index (Phi) is 53.8. The fourth-order valence-electron chi connectivity index (χ4n) is 8.01. The molecule has 0 aromatic carbocycles. The van der Waals surface area contributed by atoms with E-state index in [1.54, 1.807) is 0 Å². The highest BCUT2D eigenvalue weighted by atomic mass is 16.6. The van der Waals surface area contributed by atoms with Crippen molar-refractivity contribution in [3.05, 3.63) is 72.9 Å². The van der Waals surface area contributed by atoms with Crippen LogP contribution in [0, 0.1) is 0 Å². The van der Waals surface area contributed by atoms with Gasteiger partial charge in [-0.2, -0.15) is 0 Å². The molecule has 0 aliphatic carbocycles. The lowest BCUT2D eigenvalue weighted by atomic mass is 10.1. The summed E-state index contributed by atoms with van der Waals surface area (Å²) in [5, 5.41) is 0. The molecule has 0 amide bonds. The lowest BCUT2D eigenvalue weighted by molar-refractivity contribution is -0.167. The van der Waals surface area contributed by atoms with Gasteiger partial charge >= 0.3 is 17.9 Å². The summed E-state index contributed by atoms with van der Waals surface area (Å²) in [4.78, 5) is 38.1. The third-order valence-electron chi connectivity index (χ3n) is 12.4. The predicted molar refractivity (Wildman–Crippen MR) is 293 cm³/mol. The Bertz CT molecular complexity index is 1270. The number of unbranched alkanes of at least 4 members (excludes halogenated alkanes) is 29. The highest BCUT2D eigenvalue weighted by Gasteiger charge is 2.19. The summed E-state index contributed by atoms with van der Waals surface area (Å²) in [5.41, 5.74) is 0. The minimum absolute atomic E-state index is 0.1000. The number of hydrogen-bond acceptors (Lipinski definition) is 6. The Labute approximate surface area is 421 Å². The smallest absolute Gasteiger partial charge is 0.306 e. The largest absolute Gasteiger partial charge is 0.462 e. The van der Waals surface area contributed by atoms with Crippen molar-refractivity contribution in [2.45, 2.75) is 290 Å². The zero-order valence-corrected chi connectivity index (χ0v) is 44.9. The summed E-state index contributed by atoms with van der Waals surface area (Å²) < 4.78 is 16.8. The molecule has 0 radical (unpaired) electrons. The van der Waals surface area contributed by atoms with Crippen molar-refractivity contribution in [3.8, 4) is 0 Å². The Hall–Kier alpha value is -3.15. The maximum Gasteiger partial charge on any atom is 0.306 e. The summed E-state index contributed by atoms with van der Waals surface area (Å²) in [5.74, 6) is -0.960. The first-order valence-electron chi connectivity index (χ1n) is 28.9. The van der Waals surface area contributed by atoms with Crippen LogP contribution in [0.1, 0.15) is 284 Å². The number of hydrogen-bond donors (Lipinski definition) is 0. The number of esters is 3. The molecule has 0 heterocycles. The Balaban J connectivity index is 4.45. The van der Waals surface area contributed by atoms with E-state index in [0.29, 0.717) is 19.3 Å². The van der Waals surface area contributed by atoms with Gasteiger partial charge in [-0.3, -0.25) is 14.4 Å². The summed E-state index contributed by atoms with van der Waals surface area (Å²) in [6.07, 6.45) is 71.8. The maximum atomic E-state index is 12.8. The van der Waals surface area contributed by atoms with E-state index in [0.717, 1.165) is 70.6 Å². The van der Waals surface area contributed by atoms with Crippen LogP contribution in [-0.4, -0.2) is 37.2 Å². The van der Waals surface area contributed by atoms with Crippen LogP contribution in [0.5, 0.6) is 0 Å². The van der Waals surface area contributed by atoms with E-state index >= 15 is 0 Å². The molecule has 0 aromatic rings. The average molecular weight is 950 g/mol. The molecule has 0 rings (SSSR count). The highest BCUT2D eigenvalue weighted by Crippen LogP contribution is 2.15. The maximum absolute atomic E-state index is 12.8. The molecule has 0 N–H and O–H groups in total. The molecule has 0 spiro atoms. The minimum atomic E-state index is -0.808. The van der Waals surface area contributed by atoms with E-state index < -0.39 is 6.10 Å². The van der Waals surface area contributed by atoms with Gasteiger partial charge in [-0.1, -0.05) is 229 Å². The van der Waals surface area contributed by atoms with Gasteiger partial charge in [-0.15, -0.1) is 0 Å². The van der Waals surface area contributed by atoms with Crippen LogP contribution in [0.15, 0.2) is 72.9 Å². The quantitative estimate of drug-likeness (QED) is 0.0262. The van der Waals surface area contributed by atoms with Crippen LogP contribution in [0.2, 0.25) is 0 Å². The van der Waals surface area contributed by atoms with E-state index in [4.69, 9.17) is 14.2 Å². The fourth-order valence-corrected chi connectivity index (χ4v) is 8.01. The molecule has 0 aliphatic rings. The Morgan fingerprint density at radius 1 is 0.294 bits per heavy atom. The second-order valence-corrected chi connectivity index (χ2v) is 19.2. The van der Waals surface area contributed by atoms with E-state index in [1.807, 2.05) is 0 Å². The van der Waals surface area contributed by atoms with E-state index in [1.165, 1.54) is 167 Å². The fraction of sp³-hybridized carbons (Fsp3) is 0.758. The molecule has 0 aliphatic heterocycles. The Morgan fingerprint density at radius 3 is 0.912 bits per heavy atom. The third kappa shape index (κ3) is 53.8. The first-order chi connectivity index (χ1) is 33.5. The van der Waals surface area contributed by atoms with Crippen LogP contribution in [0.25, 0.3) is 0 Å². The van der Waals surface area contributed by atoms with Gasteiger partial charge in [-0.25, -0.2) is 0 Å². The lowest BCUT2D eigenvalue weighted by Crippen LogP contribution is -2.30. The Morgan fingerprint density at radius 2 is 0.544 bits per heavy atom. The van der Waals surface area contributed by atoms with Crippen molar-refractivity contribution in [2.24, 2.45) is 0 Å². The van der Waals surface area contributed by atoms with Crippen molar-refractivity contribution in [2.75, 3.05) is 13.2 Å². The number of carbonyl (C=O) groups excluding carboxylic acids is 3. The van der Waals surface area contributed by atoms with E-state index in [-0.39, 0.29) is 37.5 Å². The molecule has 0 saturated carbocycles. The van der Waals surface area contributed by atoms with Crippen LogP contribution < -0.4 is 0 Å². The zero-order valence-electron chi connectivity index (χ0n) is 44.9. The average Bonchev–Trinajstić information content (AvgIpc) is 3.34. The summed E-state index contributed by atoms with van der Waals surface area (Å²) in [6, 6.07) is 0. The first kappa shape index (κ1) is 64.8. The normalized spacial score (nSPS) is 12.6. The molecule has 0 fully saturated rings. The van der Waals surface area contributed by atoms with E-state index in [2.05, 4.69) is 93.7 Å². The minimum Gasteiger partial charge on any atom is -0.462 e. The molecular weight excluding hydrogens is 841 g/mol. The van der Waals surface area contributed by atoms with Gasteiger partial charge in [0.25, 0.3) is 0 Å². The second-order valence-electron chi connectivity index (χ2n) is 19.2. The van der Waals surface area contributed by atoms with Crippen LogP contribution in [0.4, 0.5) is 0 Å². The monoisotopic (exact) mass is 949 g/mol. The summed E-state index contributed by atoms with van der Waals surface area (Å²) in [6.45, 7) is 6.56. The standard InChI is InChI=1S/C62H108O6/c1-4-7-10-13-16-19-22-25-28-30-31-33-34-37-40-43-46-49-52-55-61(64)67-58-59(57-66-60(63)54-51-48-45-42-39-36-27-24-21-18-15-12-9-6-3)68-62(65)56-53-50-47-44-41-38-35-32-29-26-23-20-17-14-11-8-5-2/h17,20,24-29,35,38,44,47,59H,4-16,18-19,21-23,30-34,36-37,39-43,45-46,48-58H2,1-3H3/b20-17+,27-24+,28-25+,29-26+,38-35+,47-44+/t59-/m1/s1. The van der Waals surface area contributed by atoms with Crippen molar-refractivity contribution < 1.29 is 28.6 Å². The predicted octanol–water partition coefficient (Wildman–Crippen LogP) is 19.4. The van der Waals surface area contributed by atoms with Crippen LogP contribution >= 0.6 is 0 Å². The zero-order chi connectivity index (χ0) is 49.3. The highest BCUT2D eigenvalue weighted by molar-refractivity contribution is 5.71. The molecule has 1 atom stereocenters. The third-order valence-corrected chi connectivity index (χ3v) is 12.4. The van der Waals surface area contributed by atoms with Gasteiger partial charge in [0, 0.05) is 19.3 Å². The van der Waals surface area contributed by atoms with Crippen molar-refractivity contribution in [1.29, 1.82) is 0 Å². The summed E-state index contributed by atoms with van der Waals surface area (Å²) >= 11 is 0. The molecule has 6 heteroatoms. The molecule has 0 unspecified atom stereocenters. The van der Waals surface area contributed by atoms with Crippen LogP contribution in [-0.2, 0) is 28.6 Å². The summed E-state index contributed by atoms with van der Waals surface area (Å²) in [7, 11) is 0. The number of carbonyl (C=O) groups is 3. The number of rotatable bonds is 52.